The standard InChI is InChI=1S/C63H98N18O13S/c1-37(2)33-45(57(89)74-41(53(68)85)27-32-95-3)73-52(84)36-72-54(86)46(34-38-15-6-4-7-16-38)78-58(90)47(35-39-17-8-5-9-18-39)79-56(88)42(23-25-50(66)82)75-55(87)43(24-26-51(67)83)76-59(91)49-22-14-31-81(49)62(94)44(20-10-11-28-64)77-60(92)48-21-13-30-80(48)61(93)40(65)19-12-29-71-63(69)70/h4-9,15-18,37,40-49H,10-14,19-36,64-65H2,1-3H3,(H2,66,82)(H2,67,83)(H2,68,85)(H,72,86)(H,73,84)(H,74,89)(H,75,87)(H,76,91)(H,77,92)(H,78,90)(H,79,88)(H4,69,70,71)/t40-,41-,42-,43-,44+,45-,46+,47-,48+,49-/m0/s1. The molecular formula is C63H98N18O13S. The van der Waals surface area contributed by atoms with E-state index in [0.29, 0.717) is 55.4 Å². The van der Waals surface area contributed by atoms with Crippen LogP contribution in [0.4, 0.5) is 0 Å². The normalized spacial score (nSPS) is 16.8. The van der Waals surface area contributed by atoms with Gasteiger partial charge in [-0.05, 0) is 119 Å². The Morgan fingerprint density at radius 1 is 0.537 bits per heavy atom. The summed E-state index contributed by atoms with van der Waals surface area (Å²) in [6.45, 7) is 3.86. The number of likely N-dealkylation sites (tertiary alicyclic amines) is 2. The van der Waals surface area contributed by atoms with E-state index in [-0.39, 0.29) is 83.0 Å². The van der Waals surface area contributed by atoms with Gasteiger partial charge in [0.25, 0.3) is 0 Å². The molecule has 0 unspecified atom stereocenters. The highest BCUT2D eigenvalue weighted by Gasteiger charge is 2.42. The van der Waals surface area contributed by atoms with Gasteiger partial charge >= 0.3 is 0 Å². The molecule has 524 valence electrons. The molecule has 0 aromatic heterocycles. The summed E-state index contributed by atoms with van der Waals surface area (Å²) in [5.74, 6) is -9.80. The maximum atomic E-state index is 14.7. The summed E-state index contributed by atoms with van der Waals surface area (Å²) in [7, 11) is 0. The van der Waals surface area contributed by atoms with E-state index in [1.807, 2.05) is 20.1 Å². The molecule has 13 amide bonds. The SMILES string of the molecule is CSCC[C@H](NC(=O)[C@H](CC(C)C)NC(=O)CNC(=O)[C@@H](Cc1ccccc1)NC(=O)[C@H](Cc1ccccc1)NC(=O)[C@H](CCC(N)=O)NC(=O)[C@H](CCC(N)=O)NC(=O)[C@@H]1CCCN1C(=O)[C@@H](CCCCN)NC(=O)[C@H]1CCCN1C(=O)[C@@H](N)CCCN=C(N)N)C(N)=O. The smallest absolute Gasteiger partial charge is 0.245 e. The molecule has 10 atom stereocenters. The average Bonchev–Trinajstić information content (AvgIpc) is 1.74. The van der Waals surface area contributed by atoms with E-state index < -0.39 is 169 Å². The van der Waals surface area contributed by atoms with Gasteiger partial charge in [-0.1, -0.05) is 74.5 Å². The number of nitrogens with zero attached hydrogens (tertiary/aromatic N) is 3. The van der Waals surface area contributed by atoms with Crippen LogP contribution in [0.15, 0.2) is 65.7 Å². The second kappa shape index (κ2) is 41.0. The van der Waals surface area contributed by atoms with Crippen molar-refractivity contribution in [3.05, 3.63) is 71.8 Å². The lowest BCUT2D eigenvalue weighted by Crippen LogP contribution is -2.60. The van der Waals surface area contributed by atoms with Gasteiger partial charge in [0.2, 0.25) is 76.8 Å². The first-order valence-electron chi connectivity index (χ1n) is 32.2. The van der Waals surface area contributed by atoms with Crippen molar-refractivity contribution in [2.24, 2.45) is 51.0 Å². The van der Waals surface area contributed by atoms with Gasteiger partial charge in [0.15, 0.2) is 5.96 Å². The van der Waals surface area contributed by atoms with E-state index in [4.69, 9.17) is 40.1 Å². The molecule has 2 aromatic carbocycles. The minimum Gasteiger partial charge on any atom is -0.370 e. The number of rotatable bonds is 42. The molecule has 32 heteroatoms. The van der Waals surface area contributed by atoms with Crippen molar-refractivity contribution >= 4 is 94.5 Å². The van der Waals surface area contributed by atoms with Crippen LogP contribution in [-0.2, 0) is 75.2 Å². The number of unbranched alkanes of at least 4 members (excludes halogenated alkanes) is 1. The van der Waals surface area contributed by atoms with Crippen molar-refractivity contribution in [3.63, 3.8) is 0 Å². The Bertz CT molecular complexity index is 2960. The van der Waals surface area contributed by atoms with Crippen molar-refractivity contribution in [1.29, 1.82) is 0 Å². The zero-order chi connectivity index (χ0) is 70.1. The highest BCUT2D eigenvalue weighted by molar-refractivity contribution is 7.98. The van der Waals surface area contributed by atoms with Crippen molar-refractivity contribution in [3.8, 4) is 0 Å². The van der Waals surface area contributed by atoms with Crippen LogP contribution in [0, 0.1) is 5.92 Å². The number of hydrogen-bond donors (Lipinski definition) is 15. The van der Waals surface area contributed by atoms with Crippen molar-refractivity contribution < 1.29 is 62.3 Å². The summed E-state index contributed by atoms with van der Waals surface area (Å²) in [6.07, 6.45) is 3.12. The molecule has 2 saturated heterocycles. The minimum absolute atomic E-state index is 0.0736. The van der Waals surface area contributed by atoms with E-state index in [1.165, 1.54) is 21.6 Å². The molecule has 31 nitrogen and oxygen atoms in total. The van der Waals surface area contributed by atoms with Gasteiger partial charge in [0.1, 0.15) is 54.4 Å². The van der Waals surface area contributed by atoms with Crippen LogP contribution < -0.4 is 82.7 Å². The summed E-state index contributed by atoms with van der Waals surface area (Å²) in [6, 6.07) is 4.51. The van der Waals surface area contributed by atoms with Crippen molar-refractivity contribution in [1.82, 2.24) is 52.3 Å². The van der Waals surface area contributed by atoms with Gasteiger partial charge in [-0.25, -0.2) is 0 Å². The number of hydrogen-bond acceptors (Lipinski definition) is 17. The monoisotopic (exact) mass is 1350 g/mol. The minimum atomic E-state index is -1.64. The van der Waals surface area contributed by atoms with Gasteiger partial charge in [-0.15, -0.1) is 0 Å². The molecule has 4 rings (SSSR count). The van der Waals surface area contributed by atoms with Gasteiger partial charge in [-0.3, -0.25) is 67.3 Å². The van der Waals surface area contributed by atoms with E-state index in [0.717, 1.165) is 0 Å². The largest absolute Gasteiger partial charge is 0.370 e. The molecule has 0 aliphatic carbocycles. The lowest BCUT2D eigenvalue weighted by molar-refractivity contribution is -0.144. The summed E-state index contributed by atoms with van der Waals surface area (Å²) in [4.78, 5) is 185. The summed E-state index contributed by atoms with van der Waals surface area (Å²) < 4.78 is 0. The lowest BCUT2D eigenvalue weighted by atomic mass is 10.0. The van der Waals surface area contributed by atoms with Gasteiger partial charge < -0.3 is 92.5 Å². The van der Waals surface area contributed by atoms with Crippen LogP contribution >= 0.6 is 11.8 Å². The average molecular weight is 1350 g/mol. The molecule has 0 bridgehead atoms. The van der Waals surface area contributed by atoms with Crippen LogP contribution in [0.2, 0.25) is 0 Å². The van der Waals surface area contributed by atoms with E-state index in [1.54, 1.807) is 60.7 Å². The number of benzene rings is 2. The van der Waals surface area contributed by atoms with Gasteiger partial charge in [0, 0.05) is 45.3 Å². The topological polar surface area (TPSA) is 519 Å². The fourth-order valence-electron chi connectivity index (χ4n) is 11.0. The van der Waals surface area contributed by atoms with Gasteiger partial charge in [0.05, 0.1) is 12.6 Å². The Balaban J connectivity index is 1.56. The first-order chi connectivity index (χ1) is 45.2. The van der Waals surface area contributed by atoms with Crippen LogP contribution in [0.3, 0.4) is 0 Å². The molecule has 22 N–H and O–H groups in total. The second-order valence-corrected chi connectivity index (χ2v) is 25.1. The summed E-state index contributed by atoms with van der Waals surface area (Å²) in [5, 5.41) is 21.1. The Morgan fingerprint density at radius 3 is 1.51 bits per heavy atom. The predicted molar refractivity (Wildman–Crippen MR) is 356 cm³/mol. The number of amides is 13. The number of guanidine groups is 1. The maximum absolute atomic E-state index is 14.7. The van der Waals surface area contributed by atoms with Crippen LogP contribution in [0.5, 0.6) is 0 Å². The van der Waals surface area contributed by atoms with Crippen LogP contribution in [0.25, 0.3) is 0 Å². The maximum Gasteiger partial charge on any atom is 0.245 e. The lowest BCUT2D eigenvalue weighted by Gasteiger charge is -2.32. The number of carbonyl (C=O) groups excluding carboxylic acids is 13. The Hall–Kier alpha value is -8.91. The Labute approximate surface area is 558 Å². The summed E-state index contributed by atoms with van der Waals surface area (Å²) in [5.41, 5.74) is 40.6. The number of nitrogens with two attached hydrogens (primary N) is 7. The van der Waals surface area contributed by atoms with Crippen molar-refractivity contribution in [2.45, 2.75) is 183 Å². The second-order valence-electron chi connectivity index (χ2n) is 24.1. The molecule has 2 aliphatic rings. The number of primary amides is 3. The third kappa shape index (κ3) is 27.5. The summed E-state index contributed by atoms with van der Waals surface area (Å²) >= 11 is 1.45. The fraction of sp³-hybridized carbons (Fsp3) is 0.587. The Kier molecular flexibility index (Phi) is 33.9. The van der Waals surface area contributed by atoms with Gasteiger partial charge in [-0.2, -0.15) is 11.8 Å². The number of carbonyl (C=O) groups is 13. The number of nitrogens with one attached hydrogen (secondary N) is 8. The first kappa shape index (κ1) is 78.5. The third-order valence-corrected chi connectivity index (χ3v) is 16.7. The molecule has 2 aromatic rings. The van der Waals surface area contributed by atoms with E-state index in [2.05, 4.69) is 47.5 Å². The molecule has 2 fully saturated rings. The van der Waals surface area contributed by atoms with E-state index >= 15 is 0 Å². The number of thioether (sulfide) groups is 1. The third-order valence-electron chi connectivity index (χ3n) is 16.0. The van der Waals surface area contributed by atoms with E-state index in [9.17, 15) is 62.3 Å². The molecular weight excluding hydrogens is 1250 g/mol. The molecule has 95 heavy (non-hydrogen) atoms. The molecule has 0 spiro atoms. The molecule has 2 heterocycles. The fourth-order valence-corrected chi connectivity index (χ4v) is 11.5. The zero-order valence-corrected chi connectivity index (χ0v) is 55.3. The molecule has 2 aliphatic heterocycles. The molecule has 0 saturated carbocycles. The first-order valence-corrected chi connectivity index (χ1v) is 33.6. The zero-order valence-electron chi connectivity index (χ0n) is 54.5. The van der Waals surface area contributed by atoms with Crippen LogP contribution in [0.1, 0.15) is 121 Å². The van der Waals surface area contributed by atoms with Crippen molar-refractivity contribution in [2.75, 3.05) is 44.7 Å². The number of aliphatic imine (C=N–C) groups is 1. The highest BCUT2D eigenvalue weighted by atomic mass is 32.2. The predicted octanol–water partition coefficient (Wildman–Crippen LogP) is -3.71. The highest BCUT2D eigenvalue weighted by Crippen LogP contribution is 2.24. The quantitative estimate of drug-likeness (QED) is 0.0173. The molecule has 0 radical (unpaired) electrons. The van der Waals surface area contributed by atoms with Crippen LogP contribution in [-0.4, -0.2) is 198 Å². The Morgan fingerprint density at radius 2 is 1.01 bits per heavy atom.